The zero-order valence-electron chi connectivity index (χ0n) is 8.95. The lowest BCUT2D eigenvalue weighted by Gasteiger charge is -2.25. The van der Waals surface area contributed by atoms with Gasteiger partial charge >= 0.3 is 0 Å². The van der Waals surface area contributed by atoms with E-state index in [9.17, 15) is 4.79 Å². The van der Waals surface area contributed by atoms with E-state index in [0.29, 0.717) is 6.04 Å². The highest BCUT2D eigenvalue weighted by atomic mass is 32.2. The summed E-state index contributed by atoms with van der Waals surface area (Å²) >= 11 is 1.91. The van der Waals surface area contributed by atoms with E-state index in [1.807, 2.05) is 25.6 Å². The fourth-order valence-electron chi connectivity index (χ4n) is 1.45. The summed E-state index contributed by atoms with van der Waals surface area (Å²) in [6, 6.07) is -0.0204. The second kappa shape index (κ2) is 5.61. The Labute approximate surface area is 90.2 Å². The Balaban J connectivity index is 2.31. The SMILES string of the molecule is CC(C)[C@@H](N)C(=O)NC1CCCSC1. The van der Waals surface area contributed by atoms with E-state index >= 15 is 0 Å². The fraction of sp³-hybridized carbons (Fsp3) is 0.900. The molecular formula is C10H20N2OS. The van der Waals surface area contributed by atoms with Crippen molar-refractivity contribution < 1.29 is 4.79 Å². The summed E-state index contributed by atoms with van der Waals surface area (Å²) in [6.07, 6.45) is 2.30. The average Bonchev–Trinajstić information content (AvgIpc) is 2.18. The van der Waals surface area contributed by atoms with Crippen LogP contribution >= 0.6 is 11.8 Å². The average molecular weight is 216 g/mol. The number of carbonyl (C=O) groups is 1. The van der Waals surface area contributed by atoms with E-state index in [-0.39, 0.29) is 17.9 Å². The third-order valence-corrected chi connectivity index (χ3v) is 3.74. The molecule has 82 valence electrons. The molecule has 1 aliphatic rings. The molecule has 1 rings (SSSR count). The molecule has 0 aliphatic carbocycles. The van der Waals surface area contributed by atoms with Crippen molar-refractivity contribution >= 4 is 17.7 Å². The number of hydrogen-bond acceptors (Lipinski definition) is 3. The van der Waals surface area contributed by atoms with Crippen molar-refractivity contribution in [1.29, 1.82) is 0 Å². The van der Waals surface area contributed by atoms with Crippen molar-refractivity contribution in [2.45, 2.75) is 38.8 Å². The van der Waals surface area contributed by atoms with Crippen molar-refractivity contribution in [3.8, 4) is 0 Å². The van der Waals surface area contributed by atoms with E-state index in [4.69, 9.17) is 5.73 Å². The number of carbonyl (C=O) groups excluding carboxylic acids is 1. The first-order valence-corrected chi connectivity index (χ1v) is 6.40. The lowest BCUT2D eigenvalue weighted by atomic mass is 10.0. The van der Waals surface area contributed by atoms with Gasteiger partial charge in [0.15, 0.2) is 0 Å². The van der Waals surface area contributed by atoms with Crippen LogP contribution in [0.2, 0.25) is 0 Å². The maximum absolute atomic E-state index is 11.6. The van der Waals surface area contributed by atoms with Crippen LogP contribution in [0.15, 0.2) is 0 Å². The maximum atomic E-state index is 11.6. The van der Waals surface area contributed by atoms with Crippen LogP contribution in [-0.2, 0) is 4.79 Å². The lowest BCUT2D eigenvalue weighted by Crippen LogP contribution is -2.49. The van der Waals surface area contributed by atoms with Crippen molar-refractivity contribution in [1.82, 2.24) is 5.32 Å². The first kappa shape index (κ1) is 11.9. The number of amides is 1. The van der Waals surface area contributed by atoms with E-state index in [1.165, 1.54) is 12.2 Å². The predicted octanol–water partition coefficient (Wildman–Crippen LogP) is 0.981. The molecule has 2 atom stereocenters. The van der Waals surface area contributed by atoms with Gasteiger partial charge in [0.1, 0.15) is 0 Å². The number of nitrogens with one attached hydrogen (secondary N) is 1. The van der Waals surface area contributed by atoms with Crippen LogP contribution in [0.4, 0.5) is 0 Å². The molecule has 3 N–H and O–H groups in total. The minimum Gasteiger partial charge on any atom is -0.351 e. The highest BCUT2D eigenvalue weighted by Crippen LogP contribution is 2.17. The number of nitrogens with two attached hydrogens (primary N) is 1. The molecule has 0 aromatic rings. The molecule has 4 heteroatoms. The predicted molar refractivity (Wildman–Crippen MR) is 61.3 cm³/mol. The minimum absolute atomic E-state index is 0.00694. The Morgan fingerprint density at radius 3 is 2.79 bits per heavy atom. The Kier molecular flexibility index (Phi) is 4.75. The van der Waals surface area contributed by atoms with Crippen LogP contribution in [0.25, 0.3) is 0 Å². The van der Waals surface area contributed by atoms with Gasteiger partial charge in [0.25, 0.3) is 0 Å². The Morgan fingerprint density at radius 1 is 1.57 bits per heavy atom. The van der Waals surface area contributed by atoms with Gasteiger partial charge in [-0.1, -0.05) is 13.8 Å². The number of hydrogen-bond donors (Lipinski definition) is 2. The third kappa shape index (κ3) is 3.50. The Hall–Kier alpha value is -0.220. The van der Waals surface area contributed by atoms with Gasteiger partial charge in [0, 0.05) is 11.8 Å². The summed E-state index contributed by atoms with van der Waals surface area (Å²) in [4.78, 5) is 11.6. The van der Waals surface area contributed by atoms with Crippen molar-refractivity contribution in [3.05, 3.63) is 0 Å². The topological polar surface area (TPSA) is 55.1 Å². The summed E-state index contributed by atoms with van der Waals surface area (Å²) in [7, 11) is 0. The molecular weight excluding hydrogens is 196 g/mol. The summed E-state index contributed by atoms with van der Waals surface area (Å²) in [6.45, 7) is 3.94. The summed E-state index contributed by atoms with van der Waals surface area (Å²) in [5, 5.41) is 3.02. The van der Waals surface area contributed by atoms with Crippen molar-refractivity contribution in [2.24, 2.45) is 11.7 Å². The van der Waals surface area contributed by atoms with Crippen LogP contribution in [-0.4, -0.2) is 29.5 Å². The summed E-state index contributed by atoms with van der Waals surface area (Å²) in [5.74, 6) is 2.48. The maximum Gasteiger partial charge on any atom is 0.237 e. The third-order valence-electron chi connectivity index (χ3n) is 2.53. The van der Waals surface area contributed by atoms with E-state index in [1.54, 1.807) is 0 Å². The highest BCUT2D eigenvalue weighted by molar-refractivity contribution is 7.99. The van der Waals surface area contributed by atoms with Gasteiger partial charge in [-0.05, 0) is 24.5 Å². The van der Waals surface area contributed by atoms with Crippen LogP contribution < -0.4 is 11.1 Å². The monoisotopic (exact) mass is 216 g/mol. The molecule has 0 bridgehead atoms. The van der Waals surface area contributed by atoms with Gasteiger partial charge < -0.3 is 11.1 Å². The van der Waals surface area contributed by atoms with Crippen LogP contribution in [0.5, 0.6) is 0 Å². The molecule has 1 amide bonds. The quantitative estimate of drug-likeness (QED) is 0.739. The fourth-order valence-corrected chi connectivity index (χ4v) is 2.53. The van der Waals surface area contributed by atoms with E-state index < -0.39 is 0 Å². The number of rotatable bonds is 3. The van der Waals surface area contributed by atoms with Crippen LogP contribution in [0.1, 0.15) is 26.7 Å². The Morgan fingerprint density at radius 2 is 2.29 bits per heavy atom. The summed E-state index contributed by atoms with van der Waals surface area (Å²) < 4.78 is 0. The molecule has 0 radical (unpaired) electrons. The zero-order valence-corrected chi connectivity index (χ0v) is 9.77. The number of thioether (sulfide) groups is 1. The normalized spacial score (nSPS) is 24.7. The second-order valence-electron chi connectivity index (χ2n) is 4.19. The van der Waals surface area contributed by atoms with E-state index in [2.05, 4.69) is 5.32 Å². The van der Waals surface area contributed by atoms with E-state index in [0.717, 1.165) is 12.2 Å². The molecule has 3 nitrogen and oxygen atoms in total. The molecule has 0 saturated carbocycles. The van der Waals surface area contributed by atoms with Gasteiger partial charge in [-0.15, -0.1) is 0 Å². The molecule has 1 heterocycles. The molecule has 0 aromatic carbocycles. The molecule has 0 aromatic heterocycles. The summed E-state index contributed by atoms with van der Waals surface area (Å²) in [5.41, 5.74) is 5.76. The largest absolute Gasteiger partial charge is 0.351 e. The van der Waals surface area contributed by atoms with Gasteiger partial charge in [0.05, 0.1) is 6.04 Å². The van der Waals surface area contributed by atoms with Gasteiger partial charge in [-0.2, -0.15) is 11.8 Å². The smallest absolute Gasteiger partial charge is 0.237 e. The van der Waals surface area contributed by atoms with Gasteiger partial charge in [-0.3, -0.25) is 4.79 Å². The van der Waals surface area contributed by atoms with Gasteiger partial charge in [-0.25, -0.2) is 0 Å². The second-order valence-corrected chi connectivity index (χ2v) is 5.34. The molecule has 1 aliphatic heterocycles. The molecule has 14 heavy (non-hydrogen) atoms. The van der Waals surface area contributed by atoms with Crippen molar-refractivity contribution in [2.75, 3.05) is 11.5 Å². The first-order valence-electron chi connectivity index (χ1n) is 5.25. The first-order chi connectivity index (χ1) is 6.61. The van der Waals surface area contributed by atoms with Crippen LogP contribution in [0, 0.1) is 5.92 Å². The van der Waals surface area contributed by atoms with Crippen molar-refractivity contribution in [3.63, 3.8) is 0 Å². The van der Waals surface area contributed by atoms with Gasteiger partial charge in [0.2, 0.25) is 5.91 Å². The molecule has 1 unspecified atom stereocenters. The van der Waals surface area contributed by atoms with Crippen LogP contribution in [0.3, 0.4) is 0 Å². The standard InChI is InChI=1S/C10H20N2OS/c1-7(2)9(11)10(13)12-8-4-3-5-14-6-8/h7-9H,3-6,11H2,1-2H3,(H,12,13)/t8?,9-/m1/s1. The lowest BCUT2D eigenvalue weighted by molar-refractivity contribution is -0.123. The molecule has 1 fully saturated rings. The zero-order chi connectivity index (χ0) is 10.6. The highest BCUT2D eigenvalue weighted by Gasteiger charge is 2.21. The molecule has 0 spiro atoms. The minimum atomic E-state index is -0.359. The Bertz CT molecular complexity index is 191. The molecule has 1 saturated heterocycles.